The molecule has 23 heavy (non-hydrogen) atoms. The summed E-state index contributed by atoms with van der Waals surface area (Å²) in [5.74, 6) is 0.0853. The lowest BCUT2D eigenvalue weighted by Crippen LogP contribution is -2.27. The van der Waals surface area contributed by atoms with Crippen molar-refractivity contribution in [1.82, 2.24) is 4.31 Å². The number of sulfonamides is 1. The molecule has 0 radical (unpaired) electrons. The van der Waals surface area contributed by atoms with E-state index in [1.54, 1.807) is 36.4 Å². The maximum atomic E-state index is 12.4. The molecule has 0 atom stereocenters. The van der Waals surface area contributed by atoms with Crippen molar-refractivity contribution in [2.24, 2.45) is 0 Å². The Morgan fingerprint density at radius 1 is 1.09 bits per heavy atom. The number of ether oxygens (including phenoxy) is 1. The Bertz CT molecular complexity index is 777. The number of thiophene rings is 1. The first kappa shape index (κ1) is 16.2. The fraction of sp³-hybridized carbons (Fsp3) is 0.312. The van der Waals surface area contributed by atoms with Gasteiger partial charge in [-0.05, 0) is 37.1 Å². The van der Waals surface area contributed by atoms with Gasteiger partial charge in [0.15, 0.2) is 0 Å². The number of carbonyl (C=O) groups is 1. The van der Waals surface area contributed by atoms with Crippen LogP contribution in [0.15, 0.2) is 46.7 Å². The SMILES string of the molecule is O=C(Cc1ccc(S(=O)(=O)N2CCCC2)s1)Oc1ccccc1. The monoisotopic (exact) mass is 351 g/mol. The van der Waals surface area contributed by atoms with Crippen LogP contribution in [0.3, 0.4) is 0 Å². The van der Waals surface area contributed by atoms with Crippen molar-refractivity contribution in [3.63, 3.8) is 0 Å². The summed E-state index contributed by atoms with van der Waals surface area (Å²) in [6.07, 6.45) is 1.87. The molecule has 2 heterocycles. The molecule has 0 saturated carbocycles. The van der Waals surface area contributed by atoms with Crippen molar-refractivity contribution in [2.75, 3.05) is 13.1 Å². The molecule has 1 aromatic carbocycles. The van der Waals surface area contributed by atoms with Gasteiger partial charge in [-0.3, -0.25) is 4.79 Å². The zero-order chi connectivity index (χ0) is 16.3. The topological polar surface area (TPSA) is 63.7 Å². The van der Waals surface area contributed by atoms with Gasteiger partial charge in [0.25, 0.3) is 10.0 Å². The molecule has 0 amide bonds. The van der Waals surface area contributed by atoms with Gasteiger partial charge in [0, 0.05) is 18.0 Å². The predicted octanol–water partition coefficient (Wildman–Crippen LogP) is 2.68. The summed E-state index contributed by atoms with van der Waals surface area (Å²) in [5.41, 5.74) is 0. The van der Waals surface area contributed by atoms with Crippen LogP contribution in [0.2, 0.25) is 0 Å². The normalized spacial score (nSPS) is 15.7. The minimum absolute atomic E-state index is 0.0646. The average Bonchev–Trinajstić information content (AvgIpc) is 3.20. The van der Waals surface area contributed by atoms with E-state index >= 15 is 0 Å². The van der Waals surface area contributed by atoms with Gasteiger partial charge < -0.3 is 4.74 Å². The van der Waals surface area contributed by atoms with Crippen LogP contribution in [-0.2, 0) is 21.2 Å². The maximum Gasteiger partial charge on any atom is 0.316 e. The molecule has 0 N–H and O–H groups in total. The molecule has 0 unspecified atom stereocenters. The van der Waals surface area contributed by atoms with Gasteiger partial charge in [-0.15, -0.1) is 11.3 Å². The molecule has 1 aliphatic heterocycles. The Morgan fingerprint density at radius 2 is 1.78 bits per heavy atom. The number of hydrogen-bond donors (Lipinski definition) is 0. The molecular formula is C16H17NO4S2. The molecule has 0 bridgehead atoms. The highest BCUT2D eigenvalue weighted by Gasteiger charge is 2.28. The number of carbonyl (C=O) groups excluding carboxylic acids is 1. The van der Waals surface area contributed by atoms with Crippen LogP contribution in [0.25, 0.3) is 0 Å². The summed E-state index contributed by atoms with van der Waals surface area (Å²) in [4.78, 5) is 12.6. The first-order chi connectivity index (χ1) is 11.1. The Morgan fingerprint density at radius 3 is 2.48 bits per heavy atom. The van der Waals surface area contributed by atoms with E-state index in [0.717, 1.165) is 24.2 Å². The molecule has 3 rings (SSSR count). The van der Waals surface area contributed by atoms with Crippen LogP contribution >= 0.6 is 11.3 Å². The van der Waals surface area contributed by atoms with Crippen LogP contribution in [0.5, 0.6) is 5.75 Å². The lowest BCUT2D eigenvalue weighted by atomic mass is 10.3. The third-order valence-electron chi connectivity index (χ3n) is 3.59. The maximum absolute atomic E-state index is 12.4. The minimum Gasteiger partial charge on any atom is -0.426 e. The molecule has 1 aliphatic rings. The number of nitrogens with zero attached hydrogens (tertiary/aromatic N) is 1. The first-order valence-electron chi connectivity index (χ1n) is 7.40. The van der Waals surface area contributed by atoms with Crippen molar-refractivity contribution in [3.8, 4) is 5.75 Å². The van der Waals surface area contributed by atoms with Gasteiger partial charge in [-0.2, -0.15) is 4.31 Å². The van der Waals surface area contributed by atoms with Crippen LogP contribution in [0, 0.1) is 0 Å². The molecule has 1 saturated heterocycles. The van der Waals surface area contributed by atoms with Gasteiger partial charge in [0.05, 0.1) is 6.42 Å². The summed E-state index contributed by atoms with van der Waals surface area (Å²) >= 11 is 1.14. The van der Waals surface area contributed by atoms with Crippen molar-refractivity contribution in [3.05, 3.63) is 47.3 Å². The van der Waals surface area contributed by atoms with Crippen molar-refractivity contribution in [2.45, 2.75) is 23.5 Å². The third kappa shape index (κ3) is 3.80. The second-order valence-electron chi connectivity index (χ2n) is 5.30. The molecule has 122 valence electrons. The molecular weight excluding hydrogens is 334 g/mol. The van der Waals surface area contributed by atoms with Gasteiger partial charge >= 0.3 is 5.97 Å². The van der Waals surface area contributed by atoms with Gasteiger partial charge in [0.2, 0.25) is 0 Å². The predicted molar refractivity (Wildman–Crippen MR) is 88.1 cm³/mol. The van der Waals surface area contributed by atoms with E-state index < -0.39 is 16.0 Å². The lowest BCUT2D eigenvalue weighted by Gasteiger charge is -2.13. The number of esters is 1. The molecule has 1 aromatic heterocycles. The van der Waals surface area contributed by atoms with Gasteiger partial charge in [-0.1, -0.05) is 18.2 Å². The molecule has 0 spiro atoms. The number of para-hydroxylation sites is 1. The highest BCUT2D eigenvalue weighted by Crippen LogP contribution is 2.27. The van der Waals surface area contributed by atoms with Crippen LogP contribution in [0.4, 0.5) is 0 Å². The number of hydrogen-bond acceptors (Lipinski definition) is 5. The van der Waals surface area contributed by atoms with Crippen molar-refractivity contribution < 1.29 is 17.9 Å². The number of benzene rings is 1. The van der Waals surface area contributed by atoms with E-state index in [9.17, 15) is 13.2 Å². The summed E-state index contributed by atoms with van der Waals surface area (Å²) in [7, 11) is -3.41. The summed E-state index contributed by atoms with van der Waals surface area (Å²) in [5, 5.41) is 0. The van der Waals surface area contributed by atoms with Crippen LogP contribution < -0.4 is 4.74 Å². The fourth-order valence-electron chi connectivity index (χ4n) is 2.45. The molecule has 0 aliphatic carbocycles. The number of rotatable bonds is 5. The zero-order valence-corrected chi connectivity index (χ0v) is 14.1. The second-order valence-corrected chi connectivity index (χ2v) is 8.63. The van der Waals surface area contributed by atoms with Gasteiger partial charge in [0.1, 0.15) is 9.96 Å². The molecule has 7 heteroatoms. The van der Waals surface area contributed by atoms with Gasteiger partial charge in [-0.25, -0.2) is 8.42 Å². The standard InChI is InChI=1S/C16H17NO4S2/c18-15(21-13-6-2-1-3-7-13)12-14-8-9-16(22-14)23(19,20)17-10-4-5-11-17/h1-3,6-9H,4-5,10-12H2. The zero-order valence-electron chi connectivity index (χ0n) is 12.5. The lowest BCUT2D eigenvalue weighted by molar-refractivity contribution is -0.133. The van der Waals surface area contributed by atoms with E-state index in [1.165, 1.54) is 4.31 Å². The quantitative estimate of drug-likeness (QED) is 0.614. The summed E-state index contributed by atoms with van der Waals surface area (Å²) in [6, 6.07) is 12.1. The largest absolute Gasteiger partial charge is 0.426 e. The Hall–Kier alpha value is -1.70. The van der Waals surface area contributed by atoms with E-state index in [2.05, 4.69) is 0 Å². The van der Waals surface area contributed by atoms with E-state index in [1.807, 2.05) is 6.07 Å². The van der Waals surface area contributed by atoms with Crippen LogP contribution in [0.1, 0.15) is 17.7 Å². The van der Waals surface area contributed by atoms with E-state index in [4.69, 9.17) is 4.74 Å². The smallest absolute Gasteiger partial charge is 0.316 e. The molecule has 2 aromatic rings. The van der Waals surface area contributed by atoms with Crippen molar-refractivity contribution in [1.29, 1.82) is 0 Å². The van der Waals surface area contributed by atoms with Crippen LogP contribution in [-0.4, -0.2) is 31.8 Å². The fourth-order valence-corrected chi connectivity index (χ4v) is 5.46. The Balaban J connectivity index is 1.66. The average molecular weight is 351 g/mol. The van der Waals surface area contributed by atoms with E-state index in [0.29, 0.717) is 27.9 Å². The van der Waals surface area contributed by atoms with E-state index in [-0.39, 0.29) is 6.42 Å². The highest BCUT2D eigenvalue weighted by molar-refractivity contribution is 7.91. The highest BCUT2D eigenvalue weighted by atomic mass is 32.2. The summed E-state index contributed by atoms with van der Waals surface area (Å²) < 4.78 is 31.9. The minimum atomic E-state index is -3.41. The molecule has 1 fully saturated rings. The Kier molecular flexibility index (Phi) is 4.79. The first-order valence-corrected chi connectivity index (χ1v) is 9.66. The third-order valence-corrected chi connectivity index (χ3v) is 7.04. The summed E-state index contributed by atoms with van der Waals surface area (Å²) in [6.45, 7) is 1.15. The van der Waals surface area contributed by atoms with Crippen molar-refractivity contribution >= 4 is 27.3 Å². The Labute approximate surface area is 139 Å². The molecule has 5 nitrogen and oxygen atoms in total. The second kappa shape index (κ2) is 6.82.